The molecule has 0 saturated carbocycles. The highest BCUT2D eigenvalue weighted by atomic mass is 32.1. The second-order valence-electron chi connectivity index (χ2n) is 8.66. The largest absolute Gasteiger partial charge is 0.381 e. The van der Waals surface area contributed by atoms with Crippen molar-refractivity contribution in [2.24, 2.45) is 9.98 Å². The van der Waals surface area contributed by atoms with E-state index in [1.165, 1.54) is 0 Å². The molecule has 1 saturated heterocycles. The van der Waals surface area contributed by atoms with E-state index in [2.05, 4.69) is 50.7 Å². The summed E-state index contributed by atoms with van der Waals surface area (Å²) < 4.78 is 6.81. The number of allylic oxidation sites excluding steroid dienone is 1. The molecule has 5 heterocycles. The highest BCUT2D eigenvalue weighted by Crippen LogP contribution is 2.34. The number of fused-ring (bicyclic) bond motifs is 2. The normalized spacial score (nSPS) is 18.7. The van der Waals surface area contributed by atoms with Gasteiger partial charge in [-0.05, 0) is 50.2 Å². The van der Waals surface area contributed by atoms with E-state index in [1.807, 2.05) is 23.6 Å². The van der Waals surface area contributed by atoms with Crippen LogP contribution in [0.1, 0.15) is 13.8 Å². The van der Waals surface area contributed by atoms with Gasteiger partial charge in [0.2, 0.25) is 0 Å². The van der Waals surface area contributed by atoms with Crippen LogP contribution in [0.5, 0.6) is 0 Å². The van der Waals surface area contributed by atoms with Gasteiger partial charge in [-0.3, -0.25) is 14.8 Å². The molecular formula is C25H28N8O2S. The lowest BCUT2D eigenvalue weighted by Crippen LogP contribution is -2.45. The SMILES string of the molecule is C=N/C=C\C=N/CCNc1c(-c2nc3ccc(N4C[C@@H](C)O[C@@H](C)C4)nc3[nH]2)c(=O)[nH]c2ccsc12. The maximum Gasteiger partial charge on any atom is 0.261 e. The summed E-state index contributed by atoms with van der Waals surface area (Å²) in [6.45, 7) is 10.1. The summed E-state index contributed by atoms with van der Waals surface area (Å²) >= 11 is 1.56. The summed E-state index contributed by atoms with van der Waals surface area (Å²) in [5.41, 5.74) is 3.09. The van der Waals surface area contributed by atoms with E-state index in [0.717, 1.165) is 34.8 Å². The predicted octanol–water partition coefficient (Wildman–Crippen LogP) is 3.84. The molecule has 10 nitrogen and oxygen atoms in total. The van der Waals surface area contributed by atoms with Crippen molar-refractivity contribution >= 4 is 57.2 Å². The fourth-order valence-electron chi connectivity index (χ4n) is 4.43. The van der Waals surface area contributed by atoms with E-state index in [-0.39, 0.29) is 17.8 Å². The van der Waals surface area contributed by atoms with E-state index >= 15 is 0 Å². The Labute approximate surface area is 211 Å². The summed E-state index contributed by atoms with van der Waals surface area (Å²) in [5, 5.41) is 5.36. The first-order valence-electron chi connectivity index (χ1n) is 11.8. The van der Waals surface area contributed by atoms with E-state index in [0.29, 0.717) is 35.6 Å². The molecule has 36 heavy (non-hydrogen) atoms. The van der Waals surface area contributed by atoms with Crippen LogP contribution in [0.15, 0.2) is 50.6 Å². The van der Waals surface area contributed by atoms with Crippen LogP contribution in [0, 0.1) is 0 Å². The summed E-state index contributed by atoms with van der Waals surface area (Å²) in [6.07, 6.45) is 5.23. The Bertz CT molecular complexity index is 1490. The van der Waals surface area contributed by atoms with Crippen molar-refractivity contribution < 1.29 is 4.74 Å². The number of morpholine rings is 1. The lowest BCUT2D eigenvalue weighted by molar-refractivity contribution is -0.00544. The molecule has 2 atom stereocenters. The fraction of sp³-hybridized carbons (Fsp3) is 0.320. The van der Waals surface area contributed by atoms with Crippen LogP contribution in [-0.4, -0.2) is 71.3 Å². The predicted molar refractivity (Wildman–Crippen MR) is 148 cm³/mol. The van der Waals surface area contributed by atoms with Gasteiger partial charge < -0.3 is 24.9 Å². The van der Waals surface area contributed by atoms with Crippen LogP contribution in [0.4, 0.5) is 11.5 Å². The van der Waals surface area contributed by atoms with Crippen LogP contribution in [0.2, 0.25) is 0 Å². The van der Waals surface area contributed by atoms with Gasteiger partial charge in [0.15, 0.2) is 5.65 Å². The number of H-pyrrole nitrogens is 2. The Hall–Kier alpha value is -3.83. The van der Waals surface area contributed by atoms with Crippen molar-refractivity contribution in [2.45, 2.75) is 26.1 Å². The number of nitrogens with one attached hydrogen (secondary N) is 3. The lowest BCUT2D eigenvalue weighted by atomic mass is 10.2. The lowest BCUT2D eigenvalue weighted by Gasteiger charge is -2.36. The molecule has 186 valence electrons. The smallest absolute Gasteiger partial charge is 0.261 e. The van der Waals surface area contributed by atoms with E-state index in [4.69, 9.17) is 14.7 Å². The van der Waals surface area contributed by atoms with Crippen molar-refractivity contribution in [3.8, 4) is 11.4 Å². The molecule has 4 aromatic heterocycles. The number of aromatic amines is 2. The van der Waals surface area contributed by atoms with Crippen molar-refractivity contribution in [1.29, 1.82) is 0 Å². The Morgan fingerprint density at radius 1 is 1.25 bits per heavy atom. The summed E-state index contributed by atoms with van der Waals surface area (Å²) in [7, 11) is 0. The zero-order valence-corrected chi connectivity index (χ0v) is 21.0. The first-order chi connectivity index (χ1) is 17.5. The number of hydrogen-bond donors (Lipinski definition) is 3. The number of hydrogen-bond acceptors (Lipinski definition) is 9. The van der Waals surface area contributed by atoms with Crippen molar-refractivity contribution in [3.63, 3.8) is 0 Å². The first kappa shape index (κ1) is 23.9. The zero-order valence-electron chi connectivity index (χ0n) is 20.2. The fourth-order valence-corrected chi connectivity index (χ4v) is 5.31. The highest BCUT2D eigenvalue weighted by molar-refractivity contribution is 7.17. The molecule has 0 unspecified atom stereocenters. The second kappa shape index (κ2) is 10.4. The quantitative estimate of drug-likeness (QED) is 0.247. The maximum atomic E-state index is 13.2. The third kappa shape index (κ3) is 4.93. The van der Waals surface area contributed by atoms with Gasteiger partial charge in [0, 0.05) is 32.0 Å². The molecule has 0 spiro atoms. The van der Waals surface area contributed by atoms with Crippen molar-refractivity contribution in [2.75, 3.05) is 36.4 Å². The number of aromatic nitrogens is 4. The first-order valence-corrected chi connectivity index (χ1v) is 12.7. The highest BCUT2D eigenvalue weighted by Gasteiger charge is 2.24. The van der Waals surface area contributed by atoms with Gasteiger partial charge in [-0.1, -0.05) is 0 Å². The van der Waals surface area contributed by atoms with Gasteiger partial charge in [-0.15, -0.1) is 11.3 Å². The van der Waals surface area contributed by atoms with E-state index < -0.39 is 0 Å². The van der Waals surface area contributed by atoms with Gasteiger partial charge in [-0.2, -0.15) is 0 Å². The monoisotopic (exact) mass is 504 g/mol. The number of rotatable bonds is 8. The molecule has 11 heteroatoms. The molecule has 0 amide bonds. The van der Waals surface area contributed by atoms with Crippen molar-refractivity contribution in [3.05, 3.63) is 46.2 Å². The molecule has 3 N–H and O–H groups in total. The summed E-state index contributed by atoms with van der Waals surface area (Å²) in [4.78, 5) is 39.2. The average Bonchev–Trinajstić information content (AvgIpc) is 3.48. The van der Waals surface area contributed by atoms with Gasteiger partial charge in [0.25, 0.3) is 5.56 Å². The third-order valence-electron chi connectivity index (χ3n) is 5.85. The second-order valence-corrected chi connectivity index (χ2v) is 9.57. The van der Waals surface area contributed by atoms with Gasteiger partial charge in [-0.25, -0.2) is 9.97 Å². The number of anilines is 2. The van der Waals surface area contributed by atoms with Crippen LogP contribution in [-0.2, 0) is 4.74 Å². The number of pyridine rings is 2. The minimum absolute atomic E-state index is 0.132. The molecule has 1 aliphatic rings. The Balaban J connectivity index is 1.47. The van der Waals surface area contributed by atoms with E-state index in [9.17, 15) is 4.79 Å². The van der Waals surface area contributed by atoms with Crippen molar-refractivity contribution in [1.82, 2.24) is 19.9 Å². The molecule has 0 radical (unpaired) electrons. The molecule has 5 rings (SSSR count). The van der Waals surface area contributed by atoms with E-state index in [1.54, 1.807) is 29.8 Å². The molecular weight excluding hydrogens is 476 g/mol. The zero-order chi connectivity index (χ0) is 25.1. The van der Waals surface area contributed by atoms with Gasteiger partial charge in [0.05, 0.1) is 34.7 Å². The van der Waals surface area contributed by atoms with Gasteiger partial charge >= 0.3 is 0 Å². The number of nitrogens with zero attached hydrogens (tertiary/aromatic N) is 5. The minimum Gasteiger partial charge on any atom is -0.381 e. The molecule has 0 bridgehead atoms. The topological polar surface area (TPSA) is 124 Å². The molecule has 0 aliphatic carbocycles. The number of imidazole rings is 1. The maximum absolute atomic E-state index is 13.2. The van der Waals surface area contributed by atoms with Crippen LogP contribution >= 0.6 is 11.3 Å². The standard InChI is InChI=1S/C25H28N8O2S/c1-15-13-33(14-16(2)35-15)19-6-5-18-23(31-19)32-24(29-18)20-21(28-11-10-27-9-4-8-26-3)22-17(7-12-36-22)30-25(20)34/h4-9,12,15-16H,3,10-11,13-14H2,1-2H3,(H2,28,30,34)(H,29,31,32)/b8-4-,27-9-/t15-,16+. The van der Waals surface area contributed by atoms with Crippen LogP contribution in [0.25, 0.3) is 32.8 Å². The average molecular weight is 505 g/mol. The summed E-state index contributed by atoms with van der Waals surface area (Å²) in [6, 6.07) is 5.81. The molecule has 1 aliphatic heterocycles. The molecule has 1 fully saturated rings. The van der Waals surface area contributed by atoms with Gasteiger partial charge in [0.1, 0.15) is 22.7 Å². The van der Waals surface area contributed by atoms with Crippen LogP contribution < -0.4 is 15.8 Å². The Morgan fingerprint density at radius 2 is 2.08 bits per heavy atom. The Morgan fingerprint density at radius 3 is 2.89 bits per heavy atom. The third-order valence-corrected chi connectivity index (χ3v) is 6.78. The summed E-state index contributed by atoms with van der Waals surface area (Å²) in [5.74, 6) is 1.33. The molecule has 4 aromatic rings. The number of aliphatic imine (C=N–C) groups is 2. The minimum atomic E-state index is -0.220. The number of thiophene rings is 1. The number of ether oxygens (including phenoxy) is 1. The Kier molecular flexibility index (Phi) is 6.92. The van der Waals surface area contributed by atoms with Crippen LogP contribution in [0.3, 0.4) is 0 Å². The molecule has 0 aromatic carbocycles.